The third kappa shape index (κ3) is 5.58. The van der Waals surface area contributed by atoms with Crippen LogP contribution < -0.4 is 38.2 Å². The topological polar surface area (TPSA) is 23.0 Å². The largest absolute Gasteiger partial charge is 0.456 e. The van der Waals surface area contributed by atoms with Crippen LogP contribution in [0.1, 0.15) is 0 Å². The Morgan fingerprint density at radius 1 is 0.312 bits per heavy atom. The number of benzene rings is 9. The van der Waals surface area contributed by atoms with E-state index in [1.54, 1.807) is 0 Å². The van der Waals surface area contributed by atoms with Crippen LogP contribution in [-0.4, -0.2) is 64.1 Å². The highest BCUT2D eigenvalue weighted by Crippen LogP contribution is 2.39. The van der Waals surface area contributed by atoms with E-state index in [0.717, 1.165) is 82.9 Å². The van der Waals surface area contributed by atoms with Crippen LogP contribution in [0.4, 0.5) is 0 Å². The van der Waals surface area contributed by atoms with E-state index in [4.69, 9.17) is 59.3 Å². The van der Waals surface area contributed by atoms with E-state index in [9.17, 15) is 0 Å². The Morgan fingerprint density at radius 3 is 1.50 bits per heavy atom. The predicted octanol–water partition coefficient (Wildman–Crippen LogP) is 6.34. The molecular formula is C54H27B7N2O. The van der Waals surface area contributed by atoms with Crippen molar-refractivity contribution in [2.75, 3.05) is 0 Å². The van der Waals surface area contributed by atoms with E-state index in [-0.39, 0.29) is 21.9 Å². The van der Waals surface area contributed by atoms with Gasteiger partial charge in [-0.3, -0.25) is 0 Å². The summed E-state index contributed by atoms with van der Waals surface area (Å²) in [4.78, 5) is 0. The third-order valence-corrected chi connectivity index (χ3v) is 12.9. The van der Waals surface area contributed by atoms with Crippen LogP contribution in [0.15, 0.2) is 168 Å². The van der Waals surface area contributed by atoms with Gasteiger partial charge in [0.2, 0.25) is 0 Å². The van der Waals surface area contributed by atoms with Crippen LogP contribution in [0.25, 0.3) is 110 Å². The number of fused-ring (bicyclic) bond motifs is 9. The Balaban J connectivity index is 1.12. The Hall–Kier alpha value is -7.17. The van der Waals surface area contributed by atoms with Crippen LogP contribution in [0, 0.1) is 0 Å². The molecule has 0 atom stereocenters. The molecule has 14 radical (unpaired) electrons. The molecule has 3 heterocycles. The SMILES string of the molecule is [B]c1c([B])c([B])c2c(c1[B])c1c([B])c(-c3ccc4c(c3)c3cc(-c5ccccc5)ccc3n4-c3ccc4c(c3)oc3ccccc34)c([B])c([B])c1n2-c1ccc(-c2ccccc2)cc1. The first kappa shape index (κ1) is 38.5. The minimum Gasteiger partial charge on any atom is -0.456 e. The summed E-state index contributed by atoms with van der Waals surface area (Å²) in [6.45, 7) is 0. The van der Waals surface area contributed by atoms with Crippen molar-refractivity contribution in [3.8, 4) is 44.8 Å². The fraction of sp³-hybridized carbons (Fsp3) is 0. The summed E-state index contributed by atoms with van der Waals surface area (Å²) >= 11 is 0. The first-order chi connectivity index (χ1) is 31.2. The summed E-state index contributed by atoms with van der Waals surface area (Å²) in [5, 5.41) is 5.30. The van der Waals surface area contributed by atoms with Gasteiger partial charge in [0.25, 0.3) is 0 Å². The average Bonchev–Trinajstić information content (AvgIpc) is 4.00. The highest BCUT2D eigenvalue weighted by atomic mass is 16.3. The summed E-state index contributed by atoms with van der Waals surface area (Å²) in [6, 6.07) is 56.0. The number of hydrogen-bond acceptors (Lipinski definition) is 1. The molecule has 9 aromatic carbocycles. The van der Waals surface area contributed by atoms with E-state index in [1.165, 1.54) is 0 Å². The number of aromatic nitrogens is 2. The molecule has 0 spiro atoms. The first-order valence-electron chi connectivity index (χ1n) is 21.0. The molecule has 0 aliphatic carbocycles. The summed E-state index contributed by atoms with van der Waals surface area (Å²) < 4.78 is 10.6. The van der Waals surface area contributed by atoms with Gasteiger partial charge in [-0.15, -0.1) is 10.9 Å². The van der Waals surface area contributed by atoms with Crippen molar-refractivity contribution in [2.45, 2.75) is 0 Å². The molecule has 3 aromatic heterocycles. The molecule has 280 valence electrons. The number of hydrogen-bond donors (Lipinski definition) is 0. The monoisotopic (exact) mass is 796 g/mol. The molecule has 0 amide bonds. The molecule has 0 N–H and O–H groups in total. The van der Waals surface area contributed by atoms with Gasteiger partial charge in [-0.2, -0.15) is 0 Å². The molecule has 0 saturated heterocycles. The summed E-state index contributed by atoms with van der Waals surface area (Å²) in [7, 11) is 48.6. The smallest absolute Gasteiger partial charge is 0.137 e. The summed E-state index contributed by atoms with van der Waals surface area (Å²) in [5.41, 5.74) is 14.0. The maximum absolute atomic E-state index is 7.39. The van der Waals surface area contributed by atoms with E-state index >= 15 is 0 Å². The second kappa shape index (κ2) is 14.4. The average molecular weight is 796 g/mol. The van der Waals surface area contributed by atoms with E-state index in [1.807, 2.05) is 77.4 Å². The van der Waals surface area contributed by atoms with Crippen molar-refractivity contribution in [3.05, 3.63) is 164 Å². The second-order valence-corrected chi connectivity index (χ2v) is 16.4. The summed E-state index contributed by atoms with van der Waals surface area (Å²) in [6.07, 6.45) is 0. The Labute approximate surface area is 379 Å². The van der Waals surface area contributed by atoms with Crippen molar-refractivity contribution in [1.82, 2.24) is 9.13 Å². The molecule has 12 aromatic rings. The molecule has 0 unspecified atom stereocenters. The quantitative estimate of drug-likeness (QED) is 0.187. The lowest BCUT2D eigenvalue weighted by Crippen LogP contribution is -2.48. The Morgan fingerprint density at radius 2 is 0.812 bits per heavy atom. The van der Waals surface area contributed by atoms with Gasteiger partial charge >= 0.3 is 0 Å². The highest BCUT2D eigenvalue weighted by molar-refractivity contribution is 6.69. The van der Waals surface area contributed by atoms with Crippen LogP contribution in [0.5, 0.6) is 0 Å². The van der Waals surface area contributed by atoms with Gasteiger partial charge in [0.05, 0.1) is 11.0 Å². The van der Waals surface area contributed by atoms with Crippen molar-refractivity contribution in [1.29, 1.82) is 0 Å². The molecule has 0 fully saturated rings. The third-order valence-electron chi connectivity index (χ3n) is 12.9. The molecule has 0 aliphatic heterocycles. The van der Waals surface area contributed by atoms with Gasteiger partial charge in [0.1, 0.15) is 66.1 Å². The normalized spacial score (nSPS) is 11.9. The predicted molar refractivity (Wildman–Crippen MR) is 276 cm³/mol. The van der Waals surface area contributed by atoms with Crippen molar-refractivity contribution >= 4 is 159 Å². The van der Waals surface area contributed by atoms with Crippen LogP contribution in [-0.2, 0) is 0 Å². The van der Waals surface area contributed by atoms with E-state index in [2.05, 4.69) is 95.6 Å². The van der Waals surface area contributed by atoms with Gasteiger partial charge in [-0.25, -0.2) is 0 Å². The number of nitrogens with zero attached hydrogens (tertiary/aromatic N) is 2. The van der Waals surface area contributed by atoms with Gasteiger partial charge in [-0.05, 0) is 93.4 Å². The lowest BCUT2D eigenvalue weighted by Gasteiger charge is -2.19. The first-order valence-corrected chi connectivity index (χ1v) is 21.0. The minimum atomic E-state index is 0.170. The zero-order chi connectivity index (χ0) is 43.5. The standard InChI is InChI=1S/C54H27B7N2O/c55-46-43(47(56)51(60)53-44(46)45-48(57)49(58)50(59)52(61)54(45)63(53)33-19-15-30(16-20-33)28-9-3-1-4-10-28)32-18-24-40-38(26-32)37-25-31(29-11-5-2-6-12-29)17-23-39(37)62(40)34-21-22-36-35-13-7-8-14-41(35)64-42(36)27-34/h1-27H. The molecule has 0 saturated carbocycles. The van der Waals surface area contributed by atoms with Gasteiger partial charge in [-0.1, -0.05) is 130 Å². The maximum atomic E-state index is 7.39. The van der Waals surface area contributed by atoms with Crippen LogP contribution >= 0.6 is 0 Å². The van der Waals surface area contributed by atoms with Gasteiger partial charge < -0.3 is 13.6 Å². The lowest BCUT2D eigenvalue weighted by molar-refractivity contribution is 0.668. The van der Waals surface area contributed by atoms with Crippen molar-refractivity contribution in [2.24, 2.45) is 0 Å². The highest BCUT2D eigenvalue weighted by Gasteiger charge is 2.25. The molecule has 0 bridgehead atoms. The Bertz CT molecular complexity index is 3910. The summed E-state index contributed by atoms with van der Waals surface area (Å²) in [5.74, 6) is 0. The number of furan rings is 1. The maximum Gasteiger partial charge on any atom is 0.137 e. The van der Waals surface area contributed by atoms with E-state index in [0.29, 0.717) is 43.8 Å². The fourth-order valence-electron chi connectivity index (χ4n) is 9.82. The second-order valence-electron chi connectivity index (χ2n) is 16.4. The number of rotatable bonds is 5. The molecule has 3 nitrogen and oxygen atoms in total. The molecule has 64 heavy (non-hydrogen) atoms. The Kier molecular flexibility index (Phi) is 8.69. The molecular weight excluding hydrogens is 768 g/mol. The zero-order valence-electron chi connectivity index (χ0n) is 34.4. The minimum absolute atomic E-state index is 0.170. The van der Waals surface area contributed by atoms with Crippen LogP contribution in [0.3, 0.4) is 0 Å². The van der Waals surface area contributed by atoms with Crippen LogP contribution in [0.2, 0.25) is 0 Å². The van der Waals surface area contributed by atoms with E-state index < -0.39 is 0 Å². The van der Waals surface area contributed by atoms with Gasteiger partial charge in [0, 0.05) is 55.4 Å². The lowest BCUT2D eigenvalue weighted by atomic mass is 9.64. The van der Waals surface area contributed by atoms with Crippen molar-refractivity contribution < 1.29 is 4.42 Å². The zero-order valence-corrected chi connectivity index (χ0v) is 34.4. The van der Waals surface area contributed by atoms with Crippen molar-refractivity contribution in [3.63, 3.8) is 0 Å². The fourth-order valence-corrected chi connectivity index (χ4v) is 9.82. The molecule has 10 heteroatoms. The molecule has 0 aliphatic rings. The molecule has 12 rings (SSSR count). The van der Waals surface area contributed by atoms with Gasteiger partial charge in [0.15, 0.2) is 0 Å². The number of para-hydroxylation sites is 1.